The SMILES string of the molecule is CCC(C)NC(=O)CCNCc1ccc(C(=O)NC)cc1. The Hall–Kier alpha value is -1.88. The van der Waals surface area contributed by atoms with E-state index in [0.717, 1.165) is 12.0 Å². The number of carbonyl (C=O) groups is 2. The van der Waals surface area contributed by atoms with Gasteiger partial charge in [0.15, 0.2) is 0 Å². The molecule has 0 aromatic heterocycles. The molecule has 0 aliphatic carbocycles. The molecule has 0 radical (unpaired) electrons. The Morgan fingerprint density at radius 1 is 1.19 bits per heavy atom. The van der Waals surface area contributed by atoms with Crippen LogP contribution in [0.1, 0.15) is 42.6 Å². The van der Waals surface area contributed by atoms with Crippen molar-refractivity contribution in [2.24, 2.45) is 0 Å². The molecular formula is C16H25N3O2. The second kappa shape index (κ2) is 9.13. The Balaban J connectivity index is 2.27. The fraction of sp³-hybridized carbons (Fsp3) is 0.500. The van der Waals surface area contributed by atoms with E-state index in [2.05, 4.69) is 16.0 Å². The zero-order valence-corrected chi connectivity index (χ0v) is 13.0. The zero-order chi connectivity index (χ0) is 15.7. The molecule has 5 heteroatoms. The first-order valence-corrected chi connectivity index (χ1v) is 7.38. The fourth-order valence-electron chi connectivity index (χ4n) is 1.80. The van der Waals surface area contributed by atoms with Crippen molar-refractivity contribution in [2.75, 3.05) is 13.6 Å². The molecule has 0 saturated heterocycles. The molecule has 0 spiro atoms. The Bertz CT molecular complexity index is 457. The van der Waals surface area contributed by atoms with E-state index in [1.165, 1.54) is 0 Å². The summed E-state index contributed by atoms with van der Waals surface area (Å²) in [4.78, 5) is 23.0. The first kappa shape index (κ1) is 17.2. The van der Waals surface area contributed by atoms with Crippen LogP contribution in [0, 0.1) is 0 Å². The van der Waals surface area contributed by atoms with E-state index in [4.69, 9.17) is 0 Å². The van der Waals surface area contributed by atoms with Gasteiger partial charge < -0.3 is 16.0 Å². The highest BCUT2D eigenvalue weighted by Crippen LogP contribution is 2.04. The predicted octanol–water partition coefficient (Wildman–Crippen LogP) is 1.44. The molecule has 3 N–H and O–H groups in total. The van der Waals surface area contributed by atoms with Gasteiger partial charge in [-0.2, -0.15) is 0 Å². The van der Waals surface area contributed by atoms with Crippen molar-refractivity contribution >= 4 is 11.8 Å². The lowest BCUT2D eigenvalue weighted by molar-refractivity contribution is -0.121. The number of rotatable bonds is 8. The van der Waals surface area contributed by atoms with Gasteiger partial charge in [0.1, 0.15) is 0 Å². The summed E-state index contributed by atoms with van der Waals surface area (Å²) in [6, 6.07) is 7.65. The van der Waals surface area contributed by atoms with E-state index in [-0.39, 0.29) is 17.9 Å². The summed E-state index contributed by atoms with van der Waals surface area (Å²) < 4.78 is 0. The number of benzene rings is 1. The molecule has 0 heterocycles. The standard InChI is InChI=1S/C16H25N3O2/c1-4-12(2)19-15(20)9-10-18-11-13-5-7-14(8-6-13)16(21)17-3/h5-8,12,18H,4,9-11H2,1-3H3,(H,17,21)(H,19,20). The van der Waals surface area contributed by atoms with E-state index < -0.39 is 0 Å². The first-order chi connectivity index (χ1) is 10.1. The maximum Gasteiger partial charge on any atom is 0.251 e. The van der Waals surface area contributed by atoms with Crippen LogP contribution in [0.3, 0.4) is 0 Å². The van der Waals surface area contributed by atoms with Crippen molar-refractivity contribution in [1.29, 1.82) is 0 Å². The molecule has 1 unspecified atom stereocenters. The number of hydrogen-bond acceptors (Lipinski definition) is 3. The highest BCUT2D eigenvalue weighted by atomic mass is 16.2. The average molecular weight is 291 g/mol. The molecular weight excluding hydrogens is 266 g/mol. The van der Waals surface area contributed by atoms with Crippen LogP contribution in [0.5, 0.6) is 0 Å². The molecule has 1 aromatic rings. The summed E-state index contributed by atoms with van der Waals surface area (Å²) in [5.41, 5.74) is 1.74. The van der Waals surface area contributed by atoms with Gasteiger partial charge in [-0.15, -0.1) is 0 Å². The molecule has 2 amide bonds. The maximum absolute atomic E-state index is 11.6. The van der Waals surface area contributed by atoms with Crippen molar-refractivity contribution in [2.45, 2.75) is 39.3 Å². The molecule has 21 heavy (non-hydrogen) atoms. The number of nitrogens with one attached hydrogen (secondary N) is 3. The molecule has 0 saturated carbocycles. The molecule has 1 rings (SSSR count). The second-order valence-corrected chi connectivity index (χ2v) is 5.08. The number of carbonyl (C=O) groups excluding carboxylic acids is 2. The third kappa shape index (κ3) is 6.40. The summed E-state index contributed by atoms with van der Waals surface area (Å²) >= 11 is 0. The van der Waals surface area contributed by atoms with E-state index in [1.807, 2.05) is 26.0 Å². The van der Waals surface area contributed by atoms with Crippen molar-refractivity contribution in [3.05, 3.63) is 35.4 Å². The zero-order valence-electron chi connectivity index (χ0n) is 13.0. The van der Waals surface area contributed by atoms with Gasteiger partial charge >= 0.3 is 0 Å². The molecule has 1 atom stereocenters. The van der Waals surface area contributed by atoms with Crippen LogP contribution in [-0.2, 0) is 11.3 Å². The maximum atomic E-state index is 11.6. The van der Waals surface area contributed by atoms with E-state index in [1.54, 1.807) is 19.2 Å². The minimum atomic E-state index is -0.0868. The Kier molecular flexibility index (Phi) is 7.46. The van der Waals surface area contributed by atoms with Gasteiger partial charge in [0.2, 0.25) is 5.91 Å². The molecule has 0 aliphatic heterocycles. The van der Waals surface area contributed by atoms with E-state index >= 15 is 0 Å². The van der Waals surface area contributed by atoms with Crippen LogP contribution < -0.4 is 16.0 Å². The summed E-state index contributed by atoms with van der Waals surface area (Å²) in [6.45, 7) is 5.37. The van der Waals surface area contributed by atoms with Gasteiger partial charge in [0, 0.05) is 38.2 Å². The highest BCUT2D eigenvalue weighted by molar-refractivity contribution is 5.93. The Morgan fingerprint density at radius 3 is 2.43 bits per heavy atom. The van der Waals surface area contributed by atoms with Gasteiger partial charge in [-0.1, -0.05) is 19.1 Å². The predicted molar refractivity (Wildman–Crippen MR) is 84.1 cm³/mol. The lowest BCUT2D eigenvalue weighted by Gasteiger charge is -2.11. The van der Waals surface area contributed by atoms with Crippen LogP contribution in [0.4, 0.5) is 0 Å². The molecule has 116 valence electrons. The third-order valence-electron chi connectivity index (χ3n) is 3.32. The summed E-state index contributed by atoms with van der Waals surface area (Å²) in [5.74, 6) is -0.0111. The van der Waals surface area contributed by atoms with Crippen LogP contribution >= 0.6 is 0 Å². The molecule has 0 aliphatic rings. The topological polar surface area (TPSA) is 70.2 Å². The Labute approximate surface area is 126 Å². The highest BCUT2D eigenvalue weighted by Gasteiger charge is 2.05. The van der Waals surface area contributed by atoms with Crippen molar-refractivity contribution in [3.63, 3.8) is 0 Å². The monoisotopic (exact) mass is 291 g/mol. The fourth-order valence-corrected chi connectivity index (χ4v) is 1.80. The first-order valence-electron chi connectivity index (χ1n) is 7.38. The quantitative estimate of drug-likeness (QED) is 0.635. The minimum Gasteiger partial charge on any atom is -0.355 e. The normalized spacial score (nSPS) is 11.8. The van der Waals surface area contributed by atoms with Crippen molar-refractivity contribution < 1.29 is 9.59 Å². The summed E-state index contributed by atoms with van der Waals surface area (Å²) in [5, 5.41) is 8.74. The van der Waals surface area contributed by atoms with Crippen molar-refractivity contribution in [3.8, 4) is 0 Å². The second-order valence-electron chi connectivity index (χ2n) is 5.08. The number of amides is 2. The van der Waals surface area contributed by atoms with Crippen LogP contribution in [0.15, 0.2) is 24.3 Å². The van der Waals surface area contributed by atoms with E-state index in [0.29, 0.717) is 25.1 Å². The summed E-state index contributed by atoms with van der Waals surface area (Å²) in [6.07, 6.45) is 1.41. The van der Waals surface area contributed by atoms with Crippen LogP contribution in [-0.4, -0.2) is 31.4 Å². The Morgan fingerprint density at radius 2 is 1.86 bits per heavy atom. The van der Waals surface area contributed by atoms with Crippen LogP contribution in [0.25, 0.3) is 0 Å². The molecule has 5 nitrogen and oxygen atoms in total. The van der Waals surface area contributed by atoms with Gasteiger partial charge in [0.25, 0.3) is 5.91 Å². The van der Waals surface area contributed by atoms with Gasteiger partial charge in [0.05, 0.1) is 0 Å². The lowest BCUT2D eigenvalue weighted by atomic mass is 10.1. The van der Waals surface area contributed by atoms with Gasteiger partial charge in [-0.3, -0.25) is 9.59 Å². The molecule has 0 bridgehead atoms. The summed E-state index contributed by atoms with van der Waals surface area (Å²) in [7, 11) is 1.61. The lowest BCUT2D eigenvalue weighted by Crippen LogP contribution is -2.33. The average Bonchev–Trinajstić information content (AvgIpc) is 2.51. The van der Waals surface area contributed by atoms with Gasteiger partial charge in [-0.25, -0.2) is 0 Å². The largest absolute Gasteiger partial charge is 0.355 e. The minimum absolute atomic E-state index is 0.0758. The van der Waals surface area contributed by atoms with E-state index in [9.17, 15) is 9.59 Å². The molecule has 1 aromatic carbocycles. The van der Waals surface area contributed by atoms with Crippen LogP contribution in [0.2, 0.25) is 0 Å². The number of hydrogen-bond donors (Lipinski definition) is 3. The van der Waals surface area contributed by atoms with Gasteiger partial charge in [-0.05, 0) is 31.0 Å². The van der Waals surface area contributed by atoms with Crippen molar-refractivity contribution in [1.82, 2.24) is 16.0 Å². The third-order valence-corrected chi connectivity index (χ3v) is 3.32. The molecule has 0 fully saturated rings. The smallest absolute Gasteiger partial charge is 0.251 e.